The number of nitrogens with two attached hydrogens (primary N) is 1. The third kappa shape index (κ3) is 6.44. The van der Waals surface area contributed by atoms with Crippen LogP contribution in [0, 0.1) is 0 Å². The Morgan fingerprint density at radius 1 is 1.33 bits per heavy atom. The number of carbonyl (C=O) groups is 1. The van der Waals surface area contributed by atoms with Gasteiger partial charge in [0.2, 0.25) is 0 Å². The number of aromatic nitrogens is 2. The van der Waals surface area contributed by atoms with Crippen LogP contribution in [-0.4, -0.2) is 56.5 Å². The number of alkyl halides is 1. The van der Waals surface area contributed by atoms with Crippen molar-refractivity contribution in [2.45, 2.75) is 63.2 Å². The number of hydrogen-bond acceptors (Lipinski definition) is 10. The van der Waals surface area contributed by atoms with E-state index in [0.29, 0.717) is 0 Å². The molecule has 1 aromatic heterocycles. The number of rotatable bonds is 10. The average molecular weight is 545 g/mol. The van der Waals surface area contributed by atoms with Gasteiger partial charge >= 0.3 is 19.4 Å². The number of aliphatic hydroxyl groups is 1. The second kappa shape index (κ2) is 11.3. The molecular formula is C22H30ClN4O8P. The topological polar surface area (TPSA) is 164 Å². The first-order valence-electron chi connectivity index (χ1n) is 11.2. The second-order valence-electron chi connectivity index (χ2n) is 8.67. The molecule has 1 aliphatic heterocycles. The highest BCUT2D eigenvalue weighted by molar-refractivity contribution is 7.52. The monoisotopic (exact) mass is 544 g/mol. The number of nitrogens with zero attached hydrogens (tertiary/aromatic N) is 2. The minimum Gasteiger partial charge on any atom is -0.462 e. The molecule has 2 aromatic rings. The number of para-hydroxylation sites is 1. The lowest BCUT2D eigenvalue weighted by Crippen LogP contribution is -2.45. The summed E-state index contributed by atoms with van der Waals surface area (Å²) in [4.78, 5) is 27.0. The average Bonchev–Trinajstić information content (AvgIpc) is 3.03. The van der Waals surface area contributed by atoms with E-state index in [9.17, 15) is 19.3 Å². The van der Waals surface area contributed by atoms with E-state index in [1.165, 1.54) is 26.1 Å². The van der Waals surface area contributed by atoms with E-state index >= 15 is 0 Å². The highest BCUT2D eigenvalue weighted by Gasteiger charge is 2.57. The molecular weight excluding hydrogens is 515 g/mol. The summed E-state index contributed by atoms with van der Waals surface area (Å²) in [6, 6.07) is 8.43. The lowest BCUT2D eigenvalue weighted by atomic mass is 10.0. The fourth-order valence-electron chi connectivity index (χ4n) is 3.60. The van der Waals surface area contributed by atoms with Gasteiger partial charge in [0, 0.05) is 6.20 Å². The summed E-state index contributed by atoms with van der Waals surface area (Å²) >= 11 is 6.82. The summed E-state index contributed by atoms with van der Waals surface area (Å²) in [7, 11) is -4.36. The number of carbonyl (C=O) groups excluding carboxylic acids is 1. The molecule has 6 atom stereocenters. The Morgan fingerprint density at radius 3 is 2.58 bits per heavy atom. The highest BCUT2D eigenvalue weighted by Crippen LogP contribution is 2.53. The van der Waals surface area contributed by atoms with Crippen molar-refractivity contribution < 1.29 is 33.0 Å². The molecule has 0 radical (unpaired) electrons. The number of halogens is 1. The van der Waals surface area contributed by atoms with Crippen LogP contribution >= 0.6 is 19.3 Å². The summed E-state index contributed by atoms with van der Waals surface area (Å²) in [6.07, 6.45) is -2.62. The zero-order valence-electron chi connectivity index (χ0n) is 20.2. The number of esters is 1. The van der Waals surface area contributed by atoms with E-state index in [0.717, 1.165) is 4.57 Å². The van der Waals surface area contributed by atoms with Crippen LogP contribution in [0.1, 0.15) is 33.9 Å². The summed E-state index contributed by atoms with van der Waals surface area (Å²) in [5.74, 6) is -0.494. The molecule has 0 spiro atoms. The molecule has 1 aliphatic rings. The number of hydrogen-bond donors (Lipinski definition) is 3. The van der Waals surface area contributed by atoms with Gasteiger partial charge in [0.1, 0.15) is 34.7 Å². The van der Waals surface area contributed by atoms with E-state index in [1.54, 1.807) is 44.2 Å². The summed E-state index contributed by atoms with van der Waals surface area (Å²) in [6.45, 7) is 5.69. The van der Waals surface area contributed by atoms with Gasteiger partial charge in [-0.05, 0) is 45.9 Å². The number of nitrogen functional groups attached to an aromatic ring is 1. The van der Waals surface area contributed by atoms with Gasteiger partial charge in [-0.3, -0.25) is 13.9 Å². The van der Waals surface area contributed by atoms with Crippen LogP contribution in [0.3, 0.4) is 0 Å². The Morgan fingerprint density at radius 2 is 2.00 bits per heavy atom. The first kappa shape index (κ1) is 28.1. The van der Waals surface area contributed by atoms with Gasteiger partial charge in [0.15, 0.2) is 6.23 Å². The molecule has 4 N–H and O–H groups in total. The highest BCUT2D eigenvalue weighted by atomic mass is 35.5. The smallest absolute Gasteiger partial charge is 0.459 e. The largest absolute Gasteiger partial charge is 0.462 e. The van der Waals surface area contributed by atoms with Crippen LogP contribution in [0.25, 0.3) is 0 Å². The molecule has 3 rings (SSSR count). The molecule has 1 saturated heterocycles. The lowest BCUT2D eigenvalue weighted by Gasteiger charge is -2.32. The first-order valence-corrected chi connectivity index (χ1v) is 13.1. The fraction of sp³-hybridized carbons (Fsp3) is 0.500. The number of ether oxygens (including phenoxy) is 2. The third-order valence-corrected chi connectivity index (χ3v) is 7.30. The minimum absolute atomic E-state index is 0.00395. The summed E-state index contributed by atoms with van der Waals surface area (Å²) in [5, 5.41) is 12.6. The predicted molar refractivity (Wildman–Crippen MR) is 132 cm³/mol. The van der Waals surface area contributed by atoms with E-state index in [1.807, 2.05) is 0 Å². The predicted octanol–water partition coefficient (Wildman–Crippen LogP) is 2.21. The van der Waals surface area contributed by atoms with Crippen molar-refractivity contribution in [3.63, 3.8) is 0 Å². The van der Waals surface area contributed by atoms with Crippen LogP contribution in [0.2, 0.25) is 0 Å². The zero-order chi connectivity index (χ0) is 26.7. The molecule has 198 valence electrons. The maximum atomic E-state index is 14.0. The van der Waals surface area contributed by atoms with Crippen LogP contribution < -0.4 is 21.0 Å². The van der Waals surface area contributed by atoms with Crippen molar-refractivity contribution in [3.8, 4) is 5.75 Å². The van der Waals surface area contributed by atoms with Gasteiger partial charge in [0.25, 0.3) is 0 Å². The maximum Gasteiger partial charge on any atom is 0.459 e. The molecule has 36 heavy (non-hydrogen) atoms. The molecule has 1 aromatic carbocycles. The Labute approximate surface area is 213 Å². The normalized spacial score (nSPS) is 26.4. The molecule has 0 bridgehead atoms. The van der Waals surface area contributed by atoms with Crippen LogP contribution in [-0.2, 0) is 23.4 Å². The van der Waals surface area contributed by atoms with Gasteiger partial charge in [0.05, 0.1) is 12.7 Å². The van der Waals surface area contributed by atoms with Crippen molar-refractivity contribution in [2.75, 3.05) is 12.3 Å². The molecule has 12 nitrogen and oxygen atoms in total. The van der Waals surface area contributed by atoms with Gasteiger partial charge < -0.3 is 24.8 Å². The Bertz CT molecular complexity index is 1160. The van der Waals surface area contributed by atoms with Crippen molar-refractivity contribution in [2.24, 2.45) is 0 Å². The molecule has 0 saturated carbocycles. The molecule has 0 aliphatic carbocycles. The van der Waals surface area contributed by atoms with Crippen molar-refractivity contribution in [1.82, 2.24) is 14.6 Å². The first-order chi connectivity index (χ1) is 16.9. The summed E-state index contributed by atoms with van der Waals surface area (Å²) < 4.78 is 37.7. The van der Waals surface area contributed by atoms with E-state index in [-0.39, 0.29) is 11.6 Å². The summed E-state index contributed by atoms with van der Waals surface area (Å²) in [5.41, 5.74) is 4.83. The number of aliphatic hydroxyl groups excluding tert-OH is 1. The lowest BCUT2D eigenvalue weighted by molar-refractivity contribution is -0.149. The van der Waals surface area contributed by atoms with Crippen molar-refractivity contribution in [3.05, 3.63) is 53.1 Å². The molecule has 1 unspecified atom stereocenters. The minimum atomic E-state index is -4.36. The second-order valence-corrected chi connectivity index (χ2v) is 11.1. The standard InChI is InChI=1S/C22H30ClN4O8P/c1-13(2)32-19(29)14(3)26-36(31,34-15-8-6-5-7-9-15)35-18-16(12-28)33-20(22(18,4)23)27-11-10-17(24)25-21(27)30/h5-11,13-14,16,18,20,28H,12H2,1-4H3,(H,26,31)(H2,24,25,30)/t14-,16-,18-,20-,22-,36?/m1/s1. The molecule has 0 amide bonds. The maximum absolute atomic E-state index is 14.0. The molecule has 2 heterocycles. The van der Waals surface area contributed by atoms with Crippen molar-refractivity contribution >= 4 is 31.1 Å². The quantitative estimate of drug-likeness (QED) is 0.228. The Hall–Kier alpha value is -2.47. The Kier molecular flexibility index (Phi) is 8.81. The van der Waals surface area contributed by atoms with Gasteiger partial charge in [-0.2, -0.15) is 10.1 Å². The van der Waals surface area contributed by atoms with Crippen LogP contribution in [0.5, 0.6) is 5.75 Å². The zero-order valence-corrected chi connectivity index (χ0v) is 21.9. The number of benzene rings is 1. The van der Waals surface area contributed by atoms with Gasteiger partial charge in [-0.1, -0.05) is 18.2 Å². The Balaban J connectivity index is 1.95. The third-order valence-electron chi connectivity index (χ3n) is 5.24. The van der Waals surface area contributed by atoms with E-state index < -0.39 is 61.5 Å². The van der Waals surface area contributed by atoms with E-state index in [2.05, 4.69) is 10.1 Å². The SMILES string of the molecule is CC(C)OC(=O)[C@@H](C)NP(=O)(Oc1ccccc1)O[C@@H]1[C@@H](CO)O[C@@H](n2ccc(N)nc2=O)[C@]1(C)Cl. The van der Waals surface area contributed by atoms with Crippen LogP contribution in [0.15, 0.2) is 47.4 Å². The molecule has 14 heteroatoms. The van der Waals surface area contributed by atoms with Crippen molar-refractivity contribution in [1.29, 1.82) is 0 Å². The fourth-order valence-corrected chi connectivity index (χ4v) is 5.79. The molecule has 1 fully saturated rings. The van der Waals surface area contributed by atoms with Crippen LogP contribution in [0.4, 0.5) is 5.82 Å². The van der Waals surface area contributed by atoms with E-state index in [4.69, 9.17) is 35.9 Å². The van der Waals surface area contributed by atoms with Gasteiger partial charge in [-0.15, -0.1) is 11.6 Å². The number of anilines is 1. The van der Waals surface area contributed by atoms with Gasteiger partial charge in [-0.25, -0.2) is 9.36 Å². The number of nitrogens with one attached hydrogen (secondary N) is 1.